The van der Waals surface area contributed by atoms with Gasteiger partial charge in [0, 0.05) is 13.0 Å². The molecular formula is C14H21NO3. The van der Waals surface area contributed by atoms with E-state index in [1.807, 2.05) is 37.3 Å². The molecule has 3 atom stereocenters. The maximum Gasteiger partial charge on any atom is 0.302 e. The Balaban J connectivity index is 2.58. The van der Waals surface area contributed by atoms with Crippen molar-refractivity contribution in [2.24, 2.45) is 0 Å². The number of carbonyl (C=O) groups is 1. The van der Waals surface area contributed by atoms with Crippen molar-refractivity contribution in [2.75, 3.05) is 6.61 Å². The first-order valence-electron chi connectivity index (χ1n) is 6.13. The highest BCUT2D eigenvalue weighted by atomic mass is 16.5. The van der Waals surface area contributed by atoms with Gasteiger partial charge < -0.3 is 15.2 Å². The number of aliphatic hydroxyl groups excluding tert-OH is 1. The second-order valence-corrected chi connectivity index (χ2v) is 4.45. The molecule has 0 aliphatic rings. The van der Waals surface area contributed by atoms with Gasteiger partial charge in [0.15, 0.2) is 0 Å². The molecule has 1 aromatic rings. The van der Waals surface area contributed by atoms with Crippen molar-refractivity contribution in [3.63, 3.8) is 0 Å². The van der Waals surface area contributed by atoms with Crippen molar-refractivity contribution in [1.29, 1.82) is 0 Å². The Bertz CT molecular complexity index is 365. The molecule has 0 aliphatic heterocycles. The molecule has 1 aromatic carbocycles. The average molecular weight is 251 g/mol. The smallest absolute Gasteiger partial charge is 0.302 e. The summed E-state index contributed by atoms with van der Waals surface area (Å²) in [6.07, 6.45) is -0.587. The molecule has 4 heteroatoms. The van der Waals surface area contributed by atoms with E-state index in [2.05, 4.69) is 5.32 Å². The number of benzene rings is 1. The molecule has 0 spiro atoms. The summed E-state index contributed by atoms with van der Waals surface area (Å²) in [4.78, 5) is 10.8. The van der Waals surface area contributed by atoms with Crippen LogP contribution in [0.1, 0.15) is 32.4 Å². The van der Waals surface area contributed by atoms with Crippen LogP contribution in [-0.2, 0) is 9.53 Å². The molecule has 100 valence electrons. The second kappa shape index (κ2) is 7.13. The lowest BCUT2D eigenvalue weighted by Crippen LogP contribution is -2.43. The van der Waals surface area contributed by atoms with E-state index in [1.165, 1.54) is 6.92 Å². The maximum absolute atomic E-state index is 10.8. The summed E-state index contributed by atoms with van der Waals surface area (Å²) in [5, 5.41) is 12.9. The number of esters is 1. The van der Waals surface area contributed by atoms with E-state index in [4.69, 9.17) is 4.74 Å². The fraction of sp³-hybridized carbons (Fsp3) is 0.500. The highest BCUT2D eigenvalue weighted by molar-refractivity contribution is 5.65. The average Bonchev–Trinajstić information content (AvgIpc) is 2.34. The number of rotatable bonds is 6. The predicted molar refractivity (Wildman–Crippen MR) is 70.1 cm³/mol. The Morgan fingerprint density at radius 2 is 1.94 bits per heavy atom. The van der Waals surface area contributed by atoms with Crippen LogP contribution < -0.4 is 5.32 Å². The van der Waals surface area contributed by atoms with Crippen molar-refractivity contribution in [1.82, 2.24) is 5.32 Å². The summed E-state index contributed by atoms with van der Waals surface area (Å²) in [5.74, 6) is -0.338. The lowest BCUT2D eigenvalue weighted by atomic mass is 10.1. The fourth-order valence-corrected chi connectivity index (χ4v) is 1.69. The van der Waals surface area contributed by atoms with Crippen molar-refractivity contribution in [3.8, 4) is 0 Å². The second-order valence-electron chi connectivity index (χ2n) is 4.45. The molecule has 2 N–H and O–H groups in total. The Kier molecular flexibility index (Phi) is 5.82. The topological polar surface area (TPSA) is 58.6 Å². The largest absolute Gasteiger partial charge is 0.464 e. The number of hydrogen-bond acceptors (Lipinski definition) is 4. The molecule has 4 nitrogen and oxygen atoms in total. The van der Waals surface area contributed by atoms with Gasteiger partial charge in [0.25, 0.3) is 0 Å². The summed E-state index contributed by atoms with van der Waals surface area (Å²) < 4.78 is 4.94. The summed E-state index contributed by atoms with van der Waals surface area (Å²) in [7, 11) is 0. The highest BCUT2D eigenvalue weighted by Gasteiger charge is 2.19. The molecule has 0 fully saturated rings. The minimum absolute atomic E-state index is 0.0846. The zero-order valence-electron chi connectivity index (χ0n) is 11.1. The van der Waals surface area contributed by atoms with Crippen LogP contribution in [0, 0.1) is 0 Å². The summed E-state index contributed by atoms with van der Waals surface area (Å²) in [6, 6.07) is 9.74. The Hall–Kier alpha value is -1.39. The van der Waals surface area contributed by atoms with Gasteiger partial charge in [-0.05, 0) is 19.4 Å². The molecule has 0 bridgehead atoms. The van der Waals surface area contributed by atoms with Gasteiger partial charge in [0.2, 0.25) is 0 Å². The third kappa shape index (κ3) is 4.85. The molecule has 0 saturated carbocycles. The number of carbonyl (C=O) groups excluding carboxylic acids is 1. The molecule has 0 unspecified atom stereocenters. The lowest BCUT2D eigenvalue weighted by Gasteiger charge is -2.25. The number of ether oxygens (including phenoxy) is 1. The zero-order valence-corrected chi connectivity index (χ0v) is 11.1. The quantitative estimate of drug-likeness (QED) is 0.755. The summed E-state index contributed by atoms with van der Waals surface area (Å²) in [5.41, 5.74) is 1.13. The molecule has 18 heavy (non-hydrogen) atoms. The Labute approximate surface area is 108 Å². The van der Waals surface area contributed by atoms with Gasteiger partial charge in [-0.1, -0.05) is 30.3 Å². The SMILES string of the molecule is CC(=O)OC[C@@H](N[C@@H](C)c1ccccc1)[C@@H](C)O. The van der Waals surface area contributed by atoms with Crippen molar-refractivity contribution in [2.45, 2.75) is 39.0 Å². The third-order valence-corrected chi connectivity index (χ3v) is 2.81. The van der Waals surface area contributed by atoms with Gasteiger partial charge in [-0.25, -0.2) is 0 Å². The maximum atomic E-state index is 10.8. The Morgan fingerprint density at radius 1 is 1.33 bits per heavy atom. The van der Waals surface area contributed by atoms with Gasteiger partial charge in [-0.2, -0.15) is 0 Å². The molecule has 0 radical (unpaired) electrons. The Morgan fingerprint density at radius 3 is 2.44 bits per heavy atom. The zero-order chi connectivity index (χ0) is 13.5. The van der Waals surface area contributed by atoms with Crippen LogP contribution in [0.4, 0.5) is 0 Å². The molecular weight excluding hydrogens is 230 g/mol. The monoisotopic (exact) mass is 251 g/mol. The van der Waals surface area contributed by atoms with Crippen molar-refractivity contribution >= 4 is 5.97 Å². The molecule has 0 aromatic heterocycles. The van der Waals surface area contributed by atoms with E-state index < -0.39 is 6.10 Å². The van der Waals surface area contributed by atoms with Gasteiger partial charge in [0.1, 0.15) is 6.61 Å². The van der Waals surface area contributed by atoms with Gasteiger partial charge >= 0.3 is 5.97 Å². The molecule has 0 amide bonds. The predicted octanol–water partition coefficient (Wildman–Crippen LogP) is 1.65. The van der Waals surface area contributed by atoms with Gasteiger partial charge in [-0.15, -0.1) is 0 Å². The standard InChI is InChI=1S/C14H21NO3/c1-10(13-7-5-4-6-8-13)15-14(11(2)16)9-18-12(3)17/h4-8,10-11,14-16H,9H2,1-3H3/t10-,11+,14+/m0/s1. The van der Waals surface area contributed by atoms with Crippen LogP contribution in [-0.4, -0.2) is 29.8 Å². The number of aliphatic hydroxyl groups is 1. The van der Waals surface area contributed by atoms with Crippen LogP contribution in [0.25, 0.3) is 0 Å². The van der Waals surface area contributed by atoms with Gasteiger partial charge in [0.05, 0.1) is 12.1 Å². The number of hydrogen-bond donors (Lipinski definition) is 2. The molecule has 0 heterocycles. The summed E-state index contributed by atoms with van der Waals surface area (Å²) >= 11 is 0. The normalized spacial score (nSPS) is 15.8. The first kappa shape index (κ1) is 14.7. The van der Waals surface area contributed by atoms with E-state index >= 15 is 0 Å². The highest BCUT2D eigenvalue weighted by Crippen LogP contribution is 2.13. The van der Waals surface area contributed by atoms with Crippen LogP contribution in [0.15, 0.2) is 30.3 Å². The van der Waals surface area contributed by atoms with Crippen molar-refractivity contribution in [3.05, 3.63) is 35.9 Å². The van der Waals surface area contributed by atoms with E-state index in [1.54, 1.807) is 6.92 Å². The van der Waals surface area contributed by atoms with Crippen LogP contribution >= 0.6 is 0 Å². The van der Waals surface area contributed by atoms with Crippen LogP contribution in [0.5, 0.6) is 0 Å². The first-order chi connectivity index (χ1) is 8.50. The van der Waals surface area contributed by atoms with E-state index in [0.717, 1.165) is 5.56 Å². The molecule has 0 saturated heterocycles. The van der Waals surface area contributed by atoms with Crippen LogP contribution in [0.3, 0.4) is 0 Å². The summed E-state index contributed by atoms with van der Waals surface area (Å²) in [6.45, 7) is 5.22. The minimum atomic E-state index is -0.587. The lowest BCUT2D eigenvalue weighted by molar-refractivity contribution is -0.142. The van der Waals surface area contributed by atoms with E-state index in [0.29, 0.717) is 0 Å². The molecule has 0 aliphatic carbocycles. The van der Waals surface area contributed by atoms with Crippen molar-refractivity contribution < 1.29 is 14.6 Å². The first-order valence-corrected chi connectivity index (χ1v) is 6.13. The van der Waals surface area contributed by atoms with Crippen LogP contribution in [0.2, 0.25) is 0 Å². The van der Waals surface area contributed by atoms with E-state index in [-0.39, 0.29) is 24.7 Å². The van der Waals surface area contributed by atoms with Gasteiger partial charge in [-0.3, -0.25) is 4.79 Å². The third-order valence-electron chi connectivity index (χ3n) is 2.81. The van der Waals surface area contributed by atoms with E-state index in [9.17, 15) is 9.90 Å². The minimum Gasteiger partial charge on any atom is -0.464 e. The molecule has 1 rings (SSSR count). The fourth-order valence-electron chi connectivity index (χ4n) is 1.69. The number of nitrogens with one attached hydrogen (secondary N) is 1.